The number of carbonyl (C=O) groups is 1. The van der Waals surface area contributed by atoms with Crippen molar-refractivity contribution < 1.29 is 18.0 Å². The molecular weight excluding hydrogens is 293 g/mol. The van der Waals surface area contributed by atoms with Crippen molar-refractivity contribution in [1.29, 1.82) is 0 Å². The fraction of sp³-hybridized carbons (Fsp3) is 0.625. The van der Waals surface area contributed by atoms with Crippen molar-refractivity contribution in [3.63, 3.8) is 0 Å². The first-order valence-electron chi connectivity index (χ1n) is 7.56. The molecule has 3 aliphatic carbocycles. The standard InChI is InChI=1S/C16H17F3N2O/c17-16(18,19)13-2-1-11(4-20-13)3-14-7-15(8-14,9-14)12-5-21(6-12)10-22/h1-2,4,10,12H,3,5-9H2. The zero-order chi connectivity index (χ0) is 15.6. The van der Waals surface area contributed by atoms with Crippen molar-refractivity contribution in [2.45, 2.75) is 31.9 Å². The molecule has 3 saturated carbocycles. The van der Waals surface area contributed by atoms with Crippen LogP contribution < -0.4 is 0 Å². The first-order valence-corrected chi connectivity index (χ1v) is 7.56. The van der Waals surface area contributed by atoms with Crippen LogP contribution in [0.5, 0.6) is 0 Å². The van der Waals surface area contributed by atoms with Gasteiger partial charge in [-0.05, 0) is 54.1 Å². The molecule has 0 N–H and O–H groups in total. The summed E-state index contributed by atoms with van der Waals surface area (Å²) in [7, 11) is 0. The molecule has 118 valence electrons. The number of carbonyl (C=O) groups excluding carboxylic acids is 1. The van der Waals surface area contributed by atoms with E-state index in [2.05, 4.69) is 4.98 Å². The topological polar surface area (TPSA) is 33.2 Å². The van der Waals surface area contributed by atoms with E-state index < -0.39 is 11.9 Å². The molecule has 0 atom stereocenters. The Morgan fingerprint density at radius 1 is 1.27 bits per heavy atom. The van der Waals surface area contributed by atoms with E-state index in [1.165, 1.54) is 6.20 Å². The van der Waals surface area contributed by atoms with Crippen LogP contribution in [-0.4, -0.2) is 29.4 Å². The molecule has 0 spiro atoms. The third kappa shape index (κ3) is 1.96. The molecule has 3 nitrogen and oxygen atoms in total. The van der Waals surface area contributed by atoms with Gasteiger partial charge in [-0.1, -0.05) is 6.07 Å². The number of pyridine rings is 1. The quantitative estimate of drug-likeness (QED) is 0.801. The van der Waals surface area contributed by atoms with Gasteiger partial charge < -0.3 is 4.90 Å². The van der Waals surface area contributed by atoms with E-state index in [9.17, 15) is 18.0 Å². The molecule has 0 aromatic carbocycles. The molecule has 0 radical (unpaired) electrons. The van der Waals surface area contributed by atoms with E-state index in [0.717, 1.165) is 56.8 Å². The highest BCUT2D eigenvalue weighted by Crippen LogP contribution is 2.77. The van der Waals surface area contributed by atoms with E-state index in [0.29, 0.717) is 11.3 Å². The Balaban J connectivity index is 1.34. The summed E-state index contributed by atoms with van der Waals surface area (Å²) in [5.74, 6) is 0.630. The van der Waals surface area contributed by atoms with Crippen LogP contribution in [-0.2, 0) is 17.4 Å². The monoisotopic (exact) mass is 310 g/mol. The maximum Gasteiger partial charge on any atom is 0.433 e. The fourth-order valence-corrected chi connectivity index (χ4v) is 4.82. The molecule has 1 aromatic heterocycles. The Hall–Kier alpha value is -1.59. The van der Waals surface area contributed by atoms with Crippen LogP contribution in [0.25, 0.3) is 0 Å². The normalized spacial score (nSPS) is 33.7. The number of likely N-dealkylation sites (tertiary alicyclic amines) is 1. The highest BCUT2D eigenvalue weighted by molar-refractivity contribution is 5.49. The molecule has 0 unspecified atom stereocenters. The minimum absolute atomic E-state index is 0.281. The Labute approximate surface area is 126 Å². The van der Waals surface area contributed by atoms with Crippen molar-refractivity contribution in [2.24, 2.45) is 16.7 Å². The van der Waals surface area contributed by atoms with E-state index >= 15 is 0 Å². The van der Waals surface area contributed by atoms with Crippen LogP contribution in [0.15, 0.2) is 18.3 Å². The van der Waals surface area contributed by atoms with Crippen LogP contribution in [0.2, 0.25) is 0 Å². The van der Waals surface area contributed by atoms with E-state index in [1.54, 1.807) is 11.0 Å². The second kappa shape index (κ2) is 4.24. The summed E-state index contributed by atoms with van der Waals surface area (Å²) in [6, 6.07) is 2.63. The zero-order valence-corrected chi connectivity index (χ0v) is 12.1. The summed E-state index contributed by atoms with van der Waals surface area (Å²) in [6.07, 6.45) is 2.19. The van der Waals surface area contributed by atoms with E-state index in [4.69, 9.17) is 0 Å². The van der Waals surface area contributed by atoms with Crippen molar-refractivity contribution in [1.82, 2.24) is 9.88 Å². The number of rotatable bonds is 4. The second-order valence-electron chi connectivity index (χ2n) is 7.38. The number of halogens is 3. The minimum Gasteiger partial charge on any atom is -0.345 e. The Morgan fingerprint density at radius 3 is 2.45 bits per heavy atom. The molecule has 4 aliphatic rings. The molecule has 1 aromatic rings. The third-order valence-electron chi connectivity index (χ3n) is 5.80. The van der Waals surface area contributed by atoms with Crippen molar-refractivity contribution in [2.75, 3.05) is 13.1 Å². The third-order valence-corrected chi connectivity index (χ3v) is 5.80. The lowest BCUT2D eigenvalue weighted by Crippen LogP contribution is -2.71. The van der Waals surface area contributed by atoms with Gasteiger partial charge in [-0.2, -0.15) is 13.2 Å². The highest BCUT2D eigenvalue weighted by Gasteiger charge is 2.70. The van der Waals surface area contributed by atoms with Gasteiger partial charge in [0.05, 0.1) is 0 Å². The number of nitrogens with zero attached hydrogens (tertiary/aromatic N) is 2. The molecule has 2 heterocycles. The van der Waals surface area contributed by atoms with Crippen molar-refractivity contribution in [3.05, 3.63) is 29.6 Å². The molecule has 1 saturated heterocycles. The second-order valence-corrected chi connectivity index (χ2v) is 7.38. The van der Waals surface area contributed by atoms with Crippen molar-refractivity contribution in [3.8, 4) is 0 Å². The SMILES string of the molecule is O=CN1CC(C23CC(Cc4ccc(C(F)(F)F)nc4)(C2)C3)C1. The summed E-state index contributed by atoms with van der Waals surface area (Å²) in [5, 5.41) is 0. The van der Waals surface area contributed by atoms with E-state index in [1.807, 2.05) is 0 Å². The number of hydrogen-bond acceptors (Lipinski definition) is 2. The molecule has 4 fully saturated rings. The lowest BCUT2D eigenvalue weighted by molar-refractivity contribution is -0.255. The van der Waals surface area contributed by atoms with Gasteiger partial charge in [-0.3, -0.25) is 9.78 Å². The number of amides is 1. The van der Waals surface area contributed by atoms with Crippen LogP contribution in [0.3, 0.4) is 0 Å². The van der Waals surface area contributed by atoms with Gasteiger partial charge in [-0.15, -0.1) is 0 Å². The molecule has 6 heteroatoms. The molecule has 5 rings (SSSR count). The summed E-state index contributed by atoms with van der Waals surface area (Å²) in [5.41, 5.74) is 0.764. The Bertz CT molecular complexity index is 585. The van der Waals surface area contributed by atoms with Crippen LogP contribution >= 0.6 is 0 Å². The first kappa shape index (κ1) is 14.0. The van der Waals surface area contributed by atoms with Crippen molar-refractivity contribution >= 4 is 6.41 Å². The average Bonchev–Trinajstić information content (AvgIpc) is 2.32. The predicted molar refractivity (Wildman–Crippen MR) is 72.8 cm³/mol. The molecule has 22 heavy (non-hydrogen) atoms. The summed E-state index contributed by atoms with van der Waals surface area (Å²) < 4.78 is 37.5. The average molecular weight is 310 g/mol. The maximum absolute atomic E-state index is 12.5. The van der Waals surface area contributed by atoms with Crippen LogP contribution in [0.1, 0.15) is 30.5 Å². The zero-order valence-electron chi connectivity index (χ0n) is 12.1. The Kier molecular flexibility index (Phi) is 2.70. The minimum atomic E-state index is -4.37. The largest absolute Gasteiger partial charge is 0.433 e. The van der Waals surface area contributed by atoms with Gasteiger partial charge in [0.2, 0.25) is 6.41 Å². The fourth-order valence-electron chi connectivity index (χ4n) is 4.82. The maximum atomic E-state index is 12.5. The van der Waals surface area contributed by atoms with Gasteiger partial charge in [-0.25, -0.2) is 0 Å². The van der Waals surface area contributed by atoms with Gasteiger partial charge in [0.1, 0.15) is 5.69 Å². The first-order chi connectivity index (χ1) is 10.3. The van der Waals surface area contributed by atoms with E-state index in [-0.39, 0.29) is 5.41 Å². The lowest BCUT2D eigenvalue weighted by atomic mass is 9.30. The molecule has 1 aliphatic heterocycles. The van der Waals surface area contributed by atoms with Crippen LogP contribution in [0, 0.1) is 16.7 Å². The highest BCUT2D eigenvalue weighted by atomic mass is 19.4. The summed E-state index contributed by atoms with van der Waals surface area (Å²) in [6.45, 7) is 1.75. The Morgan fingerprint density at radius 2 is 1.95 bits per heavy atom. The summed E-state index contributed by atoms with van der Waals surface area (Å²) >= 11 is 0. The molecule has 1 amide bonds. The van der Waals surface area contributed by atoms with Gasteiger partial charge >= 0.3 is 6.18 Å². The summed E-state index contributed by atoms with van der Waals surface area (Å²) in [4.78, 5) is 16.0. The molecule has 2 bridgehead atoms. The van der Waals surface area contributed by atoms with Crippen LogP contribution in [0.4, 0.5) is 13.2 Å². The van der Waals surface area contributed by atoms with Gasteiger partial charge in [0.15, 0.2) is 0 Å². The number of alkyl halides is 3. The number of aromatic nitrogens is 1. The molecular formula is C16H17F3N2O. The predicted octanol–water partition coefficient (Wildman–Crippen LogP) is 2.90. The van der Waals surface area contributed by atoms with Gasteiger partial charge in [0.25, 0.3) is 0 Å². The number of hydrogen-bond donors (Lipinski definition) is 0. The van der Waals surface area contributed by atoms with Gasteiger partial charge in [0, 0.05) is 19.3 Å². The smallest absolute Gasteiger partial charge is 0.345 e. The lowest BCUT2D eigenvalue weighted by Gasteiger charge is -2.76.